The number of benzene rings is 1. The lowest BCUT2D eigenvalue weighted by Crippen LogP contribution is -2.54. The van der Waals surface area contributed by atoms with Crippen molar-refractivity contribution >= 4 is 35.8 Å². The average molecular weight is 546 g/mol. The molecule has 1 amide bonds. The van der Waals surface area contributed by atoms with Crippen LogP contribution in [0.4, 0.5) is 0 Å². The van der Waals surface area contributed by atoms with Crippen molar-refractivity contribution in [1.29, 1.82) is 0 Å². The zero-order chi connectivity index (χ0) is 21.8. The number of hydrogen-bond acceptors (Lipinski definition) is 4. The standard InChI is InChI=1S/C23H39N5O2.HI/c1-5-16-30-21-9-7-8-20(17-21)10-11-25-23(24-6-2)28-14-12-27(13-15-28)18-22(29)26-19(3)4;/h7-9,17,19H,5-6,10-16,18H2,1-4H3,(H,24,25)(H,26,29);1H. The molecule has 0 unspecified atom stereocenters. The van der Waals surface area contributed by atoms with Crippen LogP contribution in [-0.2, 0) is 11.2 Å². The summed E-state index contributed by atoms with van der Waals surface area (Å²) in [5.74, 6) is 1.99. The second-order valence-electron chi connectivity index (χ2n) is 7.97. The van der Waals surface area contributed by atoms with Crippen molar-refractivity contribution in [2.45, 2.75) is 46.6 Å². The molecule has 2 N–H and O–H groups in total. The molecule has 0 radical (unpaired) electrons. The van der Waals surface area contributed by atoms with Crippen LogP contribution in [0, 0.1) is 0 Å². The van der Waals surface area contributed by atoms with Gasteiger partial charge in [-0.2, -0.15) is 0 Å². The van der Waals surface area contributed by atoms with Gasteiger partial charge < -0.3 is 20.3 Å². The van der Waals surface area contributed by atoms with E-state index < -0.39 is 0 Å². The predicted molar refractivity (Wildman–Crippen MR) is 139 cm³/mol. The lowest BCUT2D eigenvalue weighted by atomic mass is 10.1. The number of hydrogen-bond donors (Lipinski definition) is 2. The Labute approximate surface area is 205 Å². The third-order valence-electron chi connectivity index (χ3n) is 4.86. The van der Waals surface area contributed by atoms with Gasteiger partial charge in [0.2, 0.25) is 5.91 Å². The van der Waals surface area contributed by atoms with E-state index in [1.54, 1.807) is 0 Å². The number of carbonyl (C=O) groups excluding carboxylic acids is 1. The van der Waals surface area contributed by atoms with Gasteiger partial charge in [-0.1, -0.05) is 19.1 Å². The largest absolute Gasteiger partial charge is 0.494 e. The topological polar surface area (TPSA) is 69.2 Å². The van der Waals surface area contributed by atoms with Gasteiger partial charge in [0.25, 0.3) is 0 Å². The van der Waals surface area contributed by atoms with Gasteiger partial charge in [0.1, 0.15) is 5.75 Å². The van der Waals surface area contributed by atoms with Gasteiger partial charge in [-0.25, -0.2) is 0 Å². The maximum absolute atomic E-state index is 12.0. The van der Waals surface area contributed by atoms with Crippen molar-refractivity contribution in [2.75, 3.05) is 52.4 Å². The lowest BCUT2D eigenvalue weighted by molar-refractivity contribution is -0.123. The highest BCUT2D eigenvalue weighted by molar-refractivity contribution is 14.0. The molecule has 2 rings (SSSR count). The first kappa shape index (κ1) is 27.5. The number of piperazine rings is 1. The molecule has 31 heavy (non-hydrogen) atoms. The Hall–Kier alpha value is -1.55. The minimum atomic E-state index is 0. The molecule has 0 aromatic heterocycles. The third kappa shape index (κ3) is 10.5. The molecule has 176 valence electrons. The number of nitrogens with zero attached hydrogens (tertiary/aromatic N) is 3. The van der Waals surface area contributed by atoms with Crippen LogP contribution >= 0.6 is 24.0 Å². The molecule has 0 spiro atoms. The van der Waals surface area contributed by atoms with E-state index in [4.69, 9.17) is 9.73 Å². The van der Waals surface area contributed by atoms with Crippen molar-refractivity contribution in [1.82, 2.24) is 20.4 Å². The zero-order valence-electron chi connectivity index (χ0n) is 19.5. The van der Waals surface area contributed by atoms with Crippen LogP contribution in [0.3, 0.4) is 0 Å². The van der Waals surface area contributed by atoms with Gasteiger partial charge in [0.15, 0.2) is 5.96 Å². The summed E-state index contributed by atoms with van der Waals surface area (Å²) in [6, 6.07) is 8.48. The van der Waals surface area contributed by atoms with Gasteiger partial charge in [0.05, 0.1) is 13.2 Å². The molecule has 8 heteroatoms. The quantitative estimate of drug-likeness (QED) is 0.269. The molecule has 0 atom stereocenters. The van der Waals surface area contributed by atoms with Crippen molar-refractivity contribution in [2.24, 2.45) is 4.99 Å². The van der Waals surface area contributed by atoms with E-state index in [-0.39, 0.29) is 35.9 Å². The molecule has 1 fully saturated rings. The first-order valence-electron chi connectivity index (χ1n) is 11.3. The highest BCUT2D eigenvalue weighted by Crippen LogP contribution is 2.14. The smallest absolute Gasteiger partial charge is 0.234 e. The van der Waals surface area contributed by atoms with Gasteiger partial charge in [0, 0.05) is 45.3 Å². The Morgan fingerprint density at radius 3 is 2.58 bits per heavy atom. The fourth-order valence-electron chi connectivity index (χ4n) is 3.42. The van der Waals surface area contributed by atoms with Crippen LogP contribution < -0.4 is 15.4 Å². The Balaban J connectivity index is 0.00000480. The summed E-state index contributed by atoms with van der Waals surface area (Å²) in [7, 11) is 0. The van der Waals surface area contributed by atoms with E-state index in [2.05, 4.69) is 46.4 Å². The van der Waals surface area contributed by atoms with E-state index >= 15 is 0 Å². The second kappa shape index (κ2) is 15.3. The number of guanidine groups is 1. The maximum Gasteiger partial charge on any atom is 0.234 e. The SMILES string of the molecule is CCCOc1cccc(CCN=C(NCC)N2CCN(CC(=O)NC(C)C)CC2)c1.I. The monoisotopic (exact) mass is 545 g/mol. The molecule has 1 aromatic rings. The van der Waals surface area contributed by atoms with Crippen LogP contribution in [0.15, 0.2) is 29.3 Å². The molecule has 7 nitrogen and oxygen atoms in total. The van der Waals surface area contributed by atoms with E-state index in [1.807, 2.05) is 26.0 Å². The predicted octanol–water partition coefficient (Wildman–Crippen LogP) is 2.74. The molecule has 0 saturated carbocycles. The summed E-state index contributed by atoms with van der Waals surface area (Å²) >= 11 is 0. The fourth-order valence-corrected chi connectivity index (χ4v) is 3.42. The summed E-state index contributed by atoms with van der Waals surface area (Å²) in [5.41, 5.74) is 1.24. The van der Waals surface area contributed by atoms with Crippen molar-refractivity contribution < 1.29 is 9.53 Å². The van der Waals surface area contributed by atoms with Gasteiger partial charge in [-0.3, -0.25) is 14.7 Å². The first-order chi connectivity index (χ1) is 14.5. The minimum absolute atomic E-state index is 0. The number of aliphatic imine (C=N–C) groups is 1. The third-order valence-corrected chi connectivity index (χ3v) is 4.86. The molecule has 1 aliphatic heterocycles. The highest BCUT2D eigenvalue weighted by Gasteiger charge is 2.21. The average Bonchev–Trinajstić information content (AvgIpc) is 2.72. The van der Waals surface area contributed by atoms with Crippen LogP contribution in [0.2, 0.25) is 0 Å². The number of carbonyl (C=O) groups is 1. The molecule has 1 heterocycles. The normalized spacial score (nSPS) is 14.9. The number of ether oxygens (including phenoxy) is 1. The molecular weight excluding hydrogens is 505 g/mol. The van der Waals surface area contributed by atoms with E-state index in [9.17, 15) is 4.79 Å². The van der Waals surface area contributed by atoms with E-state index in [0.29, 0.717) is 6.54 Å². The van der Waals surface area contributed by atoms with Gasteiger partial charge in [-0.05, 0) is 51.3 Å². The van der Waals surface area contributed by atoms with Crippen LogP contribution in [0.1, 0.15) is 39.7 Å². The minimum Gasteiger partial charge on any atom is -0.494 e. The molecule has 1 aliphatic rings. The summed E-state index contributed by atoms with van der Waals surface area (Å²) in [4.78, 5) is 21.3. The number of nitrogens with one attached hydrogen (secondary N) is 2. The Kier molecular flexibility index (Phi) is 13.6. The van der Waals surface area contributed by atoms with E-state index in [1.165, 1.54) is 5.56 Å². The number of halogens is 1. The summed E-state index contributed by atoms with van der Waals surface area (Å²) in [5, 5.41) is 6.38. The second-order valence-corrected chi connectivity index (χ2v) is 7.97. The number of amides is 1. The first-order valence-corrected chi connectivity index (χ1v) is 11.3. The van der Waals surface area contributed by atoms with Crippen molar-refractivity contribution in [3.8, 4) is 5.75 Å². The zero-order valence-corrected chi connectivity index (χ0v) is 21.9. The Bertz CT molecular complexity index is 676. The Morgan fingerprint density at radius 1 is 1.19 bits per heavy atom. The maximum atomic E-state index is 12.0. The number of rotatable bonds is 10. The van der Waals surface area contributed by atoms with Crippen molar-refractivity contribution in [3.63, 3.8) is 0 Å². The summed E-state index contributed by atoms with van der Waals surface area (Å²) in [6.45, 7) is 14.5. The summed E-state index contributed by atoms with van der Waals surface area (Å²) in [6.07, 6.45) is 1.89. The van der Waals surface area contributed by atoms with Crippen LogP contribution in [0.5, 0.6) is 5.75 Å². The Morgan fingerprint density at radius 2 is 1.94 bits per heavy atom. The van der Waals surface area contributed by atoms with Crippen LogP contribution in [-0.4, -0.2) is 80.1 Å². The van der Waals surface area contributed by atoms with Crippen LogP contribution in [0.25, 0.3) is 0 Å². The molecule has 0 aliphatic carbocycles. The molecule has 1 aromatic carbocycles. The van der Waals surface area contributed by atoms with Crippen molar-refractivity contribution in [3.05, 3.63) is 29.8 Å². The lowest BCUT2D eigenvalue weighted by Gasteiger charge is -2.36. The molecule has 0 bridgehead atoms. The molecular formula is C23H40IN5O2. The highest BCUT2D eigenvalue weighted by atomic mass is 127. The van der Waals surface area contributed by atoms with E-state index in [0.717, 1.165) is 70.4 Å². The molecule has 1 saturated heterocycles. The van der Waals surface area contributed by atoms with Gasteiger partial charge >= 0.3 is 0 Å². The fraction of sp³-hybridized carbons (Fsp3) is 0.652. The van der Waals surface area contributed by atoms with Gasteiger partial charge in [-0.15, -0.1) is 24.0 Å². The summed E-state index contributed by atoms with van der Waals surface area (Å²) < 4.78 is 5.73.